The minimum Gasteiger partial charge on any atom is -0.496 e. The minimum absolute atomic E-state index is 0.0813. The van der Waals surface area contributed by atoms with Crippen molar-refractivity contribution in [2.75, 3.05) is 27.9 Å². The van der Waals surface area contributed by atoms with Crippen LogP contribution in [0.3, 0.4) is 0 Å². The van der Waals surface area contributed by atoms with Gasteiger partial charge in [-0.1, -0.05) is 6.92 Å². The molecule has 1 aromatic carbocycles. The van der Waals surface area contributed by atoms with Gasteiger partial charge in [0.05, 0.1) is 27.9 Å². The lowest BCUT2D eigenvalue weighted by atomic mass is 10.1. The van der Waals surface area contributed by atoms with Crippen molar-refractivity contribution in [1.29, 1.82) is 0 Å². The third-order valence-electron chi connectivity index (χ3n) is 3.08. The van der Waals surface area contributed by atoms with Gasteiger partial charge in [0.1, 0.15) is 5.75 Å². The Morgan fingerprint density at radius 3 is 2.11 bits per heavy atom. The van der Waals surface area contributed by atoms with Crippen molar-refractivity contribution >= 4 is 0 Å². The molecule has 5 nitrogen and oxygen atoms in total. The van der Waals surface area contributed by atoms with E-state index < -0.39 is 0 Å². The Hall–Kier alpha value is -1.46. The molecule has 1 atom stereocenters. The molecule has 0 aromatic heterocycles. The fourth-order valence-corrected chi connectivity index (χ4v) is 1.82. The molecule has 0 saturated heterocycles. The average Bonchev–Trinajstić information content (AvgIpc) is 2.47. The van der Waals surface area contributed by atoms with Gasteiger partial charge in [-0.25, -0.2) is 0 Å². The molecule has 0 amide bonds. The number of aliphatic hydroxyl groups is 1. The molecule has 0 radical (unpaired) electrons. The number of ether oxygens (including phenoxy) is 3. The van der Waals surface area contributed by atoms with Crippen LogP contribution in [0.15, 0.2) is 12.1 Å². The van der Waals surface area contributed by atoms with Gasteiger partial charge in [-0.3, -0.25) is 0 Å². The maximum absolute atomic E-state index is 9.18. The van der Waals surface area contributed by atoms with Crippen LogP contribution in [0.25, 0.3) is 0 Å². The third-order valence-corrected chi connectivity index (χ3v) is 3.08. The number of benzene rings is 1. The summed E-state index contributed by atoms with van der Waals surface area (Å²) in [7, 11) is 4.81. The molecule has 1 aromatic rings. The summed E-state index contributed by atoms with van der Waals surface area (Å²) in [5, 5.41) is 12.4. The molecule has 108 valence electrons. The molecule has 0 spiro atoms. The predicted octanol–water partition coefficient (Wildman–Crippen LogP) is 1.57. The summed E-state index contributed by atoms with van der Waals surface area (Å²) in [6.07, 6.45) is 0.867. The summed E-state index contributed by atoms with van der Waals surface area (Å²) in [6, 6.07) is 3.77. The van der Waals surface area contributed by atoms with Crippen LogP contribution < -0.4 is 19.5 Å². The van der Waals surface area contributed by atoms with Gasteiger partial charge in [0.2, 0.25) is 0 Å². The second-order valence-corrected chi connectivity index (χ2v) is 4.19. The molecular formula is C14H23NO4. The van der Waals surface area contributed by atoms with E-state index in [1.165, 1.54) is 0 Å². The Balaban J connectivity index is 2.92. The summed E-state index contributed by atoms with van der Waals surface area (Å²) in [5.74, 6) is 2.03. The smallest absolute Gasteiger partial charge is 0.164 e. The zero-order valence-electron chi connectivity index (χ0n) is 12.0. The Morgan fingerprint density at radius 2 is 1.63 bits per heavy atom. The van der Waals surface area contributed by atoms with Gasteiger partial charge < -0.3 is 24.6 Å². The highest BCUT2D eigenvalue weighted by molar-refractivity contribution is 5.50. The summed E-state index contributed by atoms with van der Waals surface area (Å²) < 4.78 is 15.9. The van der Waals surface area contributed by atoms with Gasteiger partial charge in [0, 0.05) is 24.2 Å². The Bertz CT molecular complexity index is 391. The highest BCUT2D eigenvalue weighted by Crippen LogP contribution is 2.34. The highest BCUT2D eigenvalue weighted by atomic mass is 16.5. The van der Waals surface area contributed by atoms with E-state index in [0.717, 1.165) is 17.7 Å². The Morgan fingerprint density at radius 1 is 1.05 bits per heavy atom. The van der Waals surface area contributed by atoms with Crippen molar-refractivity contribution in [3.63, 3.8) is 0 Å². The number of methoxy groups -OCH3 is 3. The van der Waals surface area contributed by atoms with E-state index in [2.05, 4.69) is 5.32 Å². The molecule has 0 aliphatic rings. The van der Waals surface area contributed by atoms with Crippen molar-refractivity contribution in [2.45, 2.75) is 25.9 Å². The van der Waals surface area contributed by atoms with Crippen LogP contribution >= 0.6 is 0 Å². The van der Waals surface area contributed by atoms with E-state index in [1.807, 2.05) is 13.0 Å². The van der Waals surface area contributed by atoms with Gasteiger partial charge in [-0.15, -0.1) is 0 Å². The lowest BCUT2D eigenvalue weighted by molar-refractivity contribution is 0.237. The van der Waals surface area contributed by atoms with Crippen LogP contribution in [0, 0.1) is 0 Å². The molecule has 2 N–H and O–H groups in total. The van der Waals surface area contributed by atoms with Crippen LogP contribution in [0.1, 0.15) is 18.9 Å². The van der Waals surface area contributed by atoms with E-state index in [1.54, 1.807) is 27.4 Å². The lowest BCUT2D eigenvalue weighted by Gasteiger charge is -2.17. The maximum Gasteiger partial charge on any atom is 0.164 e. The molecular weight excluding hydrogens is 246 g/mol. The first kappa shape index (κ1) is 15.6. The SMILES string of the molecule is CC[C@H](CO)NCc1cc(OC)c(OC)cc1OC. The average molecular weight is 269 g/mol. The van der Waals surface area contributed by atoms with Crippen molar-refractivity contribution < 1.29 is 19.3 Å². The summed E-state index contributed by atoms with van der Waals surface area (Å²) in [5.41, 5.74) is 0.965. The molecule has 19 heavy (non-hydrogen) atoms. The van der Waals surface area contributed by atoms with E-state index in [-0.39, 0.29) is 12.6 Å². The molecule has 0 unspecified atom stereocenters. The standard InChI is InChI=1S/C14H23NO4/c1-5-11(9-16)15-8-10-6-13(18-3)14(19-4)7-12(10)17-2/h6-7,11,15-16H,5,8-9H2,1-4H3/t11-/m1/s1. The first-order chi connectivity index (χ1) is 9.19. The number of hydrogen-bond acceptors (Lipinski definition) is 5. The van der Waals surface area contributed by atoms with Crippen molar-refractivity contribution in [1.82, 2.24) is 5.32 Å². The number of nitrogens with one attached hydrogen (secondary N) is 1. The second-order valence-electron chi connectivity index (χ2n) is 4.19. The first-order valence-corrected chi connectivity index (χ1v) is 6.33. The van der Waals surface area contributed by atoms with Gasteiger partial charge in [0.15, 0.2) is 11.5 Å². The van der Waals surface area contributed by atoms with E-state index in [4.69, 9.17) is 14.2 Å². The maximum atomic E-state index is 9.18. The van der Waals surface area contributed by atoms with Crippen LogP contribution in [-0.2, 0) is 6.54 Å². The molecule has 0 saturated carbocycles. The van der Waals surface area contributed by atoms with Crippen LogP contribution in [0.4, 0.5) is 0 Å². The second kappa shape index (κ2) is 7.86. The zero-order valence-corrected chi connectivity index (χ0v) is 12.0. The van der Waals surface area contributed by atoms with Crippen LogP contribution in [0.2, 0.25) is 0 Å². The third kappa shape index (κ3) is 4.01. The van der Waals surface area contributed by atoms with E-state index in [0.29, 0.717) is 18.0 Å². The quantitative estimate of drug-likeness (QED) is 0.750. The van der Waals surface area contributed by atoms with Crippen LogP contribution in [-0.4, -0.2) is 39.1 Å². The molecule has 5 heteroatoms. The van der Waals surface area contributed by atoms with E-state index >= 15 is 0 Å². The molecule has 1 rings (SSSR count). The summed E-state index contributed by atoms with van der Waals surface area (Å²) in [6.45, 7) is 2.74. The number of hydrogen-bond donors (Lipinski definition) is 2. The molecule has 0 heterocycles. The van der Waals surface area contributed by atoms with Crippen molar-refractivity contribution in [3.05, 3.63) is 17.7 Å². The van der Waals surface area contributed by atoms with Gasteiger partial charge in [-0.2, -0.15) is 0 Å². The Labute approximate surface area is 114 Å². The summed E-state index contributed by atoms with van der Waals surface area (Å²) in [4.78, 5) is 0. The van der Waals surface area contributed by atoms with Gasteiger partial charge in [-0.05, 0) is 12.5 Å². The first-order valence-electron chi connectivity index (χ1n) is 6.33. The van der Waals surface area contributed by atoms with E-state index in [9.17, 15) is 5.11 Å². The summed E-state index contributed by atoms with van der Waals surface area (Å²) >= 11 is 0. The zero-order chi connectivity index (χ0) is 14.3. The molecule has 0 aliphatic heterocycles. The van der Waals surface area contributed by atoms with Crippen molar-refractivity contribution in [3.8, 4) is 17.2 Å². The van der Waals surface area contributed by atoms with Crippen molar-refractivity contribution in [2.24, 2.45) is 0 Å². The monoisotopic (exact) mass is 269 g/mol. The minimum atomic E-state index is 0.0813. The van der Waals surface area contributed by atoms with Crippen LogP contribution in [0.5, 0.6) is 17.2 Å². The van der Waals surface area contributed by atoms with Gasteiger partial charge in [0.25, 0.3) is 0 Å². The highest BCUT2D eigenvalue weighted by Gasteiger charge is 2.13. The molecule has 0 aliphatic carbocycles. The predicted molar refractivity (Wildman–Crippen MR) is 74.1 cm³/mol. The fourth-order valence-electron chi connectivity index (χ4n) is 1.82. The number of aliphatic hydroxyl groups excluding tert-OH is 1. The topological polar surface area (TPSA) is 60.0 Å². The lowest BCUT2D eigenvalue weighted by Crippen LogP contribution is -2.31. The molecule has 0 bridgehead atoms. The van der Waals surface area contributed by atoms with Gasteiger partial charge >= 0.3 is 0 Å². The normalized spacial score (nSPS) is 12.1. The Kier molecular flexibility index (Phi) is 6.45. The fraction of sp³-hybridized carbons (Fsp3) is 0.571. The largest absolute Gasteiger partial charge is 0.496 e. The number of rotatable bonds is 8. The molecule has 0 fully saturated rings.